The van der Waals surface area contributed by atoms with Crippen LogP contribution in [0.15, 0.2) is 6.07 Å². The van der Waals surface area contributed by atoms with Gasteiger partial charge in [-0.1, -0.05) is 19.3 Å². The number of nitrogens with zero attached hydrogens (tertiary/aromatic N) is 3. The highest BCUT2D eigenvalue weighted by molar-refractivity contribution is 7.19. The van der Waals surface area contributed by atoms with Gasteiger partial charge in [-0.25, -0.2) is 9.97 Å². The van der Waals surface area contributed by atoms with Crippen LogP contribution in [-0.4, -0.2) is 36.3 Å². The summed E-state index contributed by atoms with van der Waals surface area (Å²) in [6, 6.07) is 2.22. The summed E-state index contributed by atoms with van der Waals surface area (Å²) in [7, 11) is 0. The lowest BCUT2D eigenvalue weighted by Gasteiger charge is -2.29. The lowest BCUT2D eigenvalue weighted by molar-refractivity contribution is 0.122. The number of rotatable bonds is 2. The van der Waals surface area contributed by atoms with Crippen molar-refractivity contribution < 1.29 is 4.74 Å². The van der Waals surface area contributed by atoms with Crippen molar-refractivity contribution in [2.24, 2.45) is 0 Å². The maximum absolute atomic E-state index is 5.50. The summed E-state index contributed by atoms with van der Waals surface area (Å²) in [6.45, 7) is 5.64. The van der Waals surface area contributed by atoms with Crippen molar-refractivity contribution in [3.63, 3.8) is 0 Å². The molecule has 0 unspecified atom stereocenters. The molecule has 3 heterocycles. The molecule has 2 aromatic rings. The molecule has 0 amide bonds. The fourth-order valence-corrected chi connectivity index (χ4v) is 4.55. The van der Waals surface area contributed by atoms with Crippen LogP contribution in [0.25, 0.3) is 10.2 Å². The lowest BCUT2D eigenvalue weighted by atomic mass is 9.88. The molecular formula is C17H23N3OS. The van der Waals surface area contributed by atoms with Crippen LogP contribution in [0.4, 0.5) is 5.82 Å². The monoisotopic (exact) mass is 317 g/mol. The first-order valence-corrected chi connectivity index (χ1v) is 9.24. The number of fused-ring (bicyclic) bond motifs is 1. The number of anilines is 1. The van der Waals surface area contributed by atoms with Gasteiger partial charge in [0.15, 0.2) is 5.82 Å². The number of ether oxygens (including phenoxy) is 1. The van der Waals surface area contributed by atoms with E-state index < -0.39 is 0 Å². The summed E-state index contributed by atoms with van der Waals surface area (Å²) >= 11 is 1.82. The summed E-state index contributed by atoms with van der Waals surface area (Å²) in [5.74, 6) is 2.77. The molecule has 4 rings (SSSR count). The third kappa shape index (κ3) is 2.72. The topological polar surface area (TPSA) is 38.2 Å². The zero-order chi connectivity index (χ0) is 14.9. The van der Waals surface area contributed by atoms with Gasteiger partial charge in [-0.15, -0.1) is 11.3 Å². The van der Waals surface area contributed by atoms with E-state index in [1.807, 2.05) is 11.3 Å². The van der Waals surface area contributed by atoms with Crippen molar-refractivity contribution in [2.45, 2.75) is 44.9 Å². The molecule has 0 N–H and O–H groups in total. The molecule has 1 saturated carbocycles. The molecule has 22 heavy (non-hydrogen) atoms. The van der Waals surface area contributed by atoms with Crippen molar-refractivity contribution in [3.05, 3.63) is 16.8 Å². The van der Waals surface area contributed by atoms with E-state index in [1.54, 1.807) is 0 Å². The summed E-state index contributed by atoms with van der Waals surface area (Å²) in [5.41, 5.74) is 1.14. The van der Waals surface area contributed by atoms with Gasteiger partial charge in [0.1, 0.15) is 5.82 Å². The summed E-state index contributed by atoms with van der Waals surface area (Å²) in [6.07, 6.45) is 6.50. The Bertz CT molecular complexity index is 657. The lowest BCUT2D eigenvalue weighted by Crippen LogP contribution is -2.37. The van der Waals surface area contributed by atoms with Crippen molar-refractivity contribution in [3.8, 4) is 0 Å². The normalized spacial score (nSPS) is 20.7. The highest BCUT2D eigenvalue weighted by Crippen LogP contribution is 2.36. The van der Waals surface area contributed by atoms with Gasteiger partial charge >= 0.3 is 0 Å². The Morgan fingerprint density at radius 2 is 1.91 bits per heavy atom. The van der Waals surface area contributed by atoms with Crippen LogP contribution < -0.4 is 4.90 Å². The Balaban J connectivity index is 1.77. The highest BCUT2D eigenvalue weighted by Gasteiger charge is 2.23. The van der Waals surface area contributed by atoms with Crippen LogP contribution in [0.5, 0.6) is 0 Å². The Morgan fingerprint density at radius 1 is 1.14 bits per heavy atom. The van der Waals surface area contributed by atoms with E-state index in [0.29, 0.717) is 5.92 Å². The van der Waals surface area contributed by atoms with Crippen LogP contribution >= 0.6 is 11.3 Å². The van der Waals surface area contributed by atoms with Crippen molar-refractivity contribution in [2.75, 3.05) is 31.2 Å². The zero-order valence-corrected chi connectivity index (χ0v) is 14.0. The molecule has 0 atom stereocenters. The largest absolute Gasteiger partial charge is 0.378 e. The molecule has 4 nitrogen and oxygen atoms in total. The smallest absolute Gasteiger partial charge is 0.150 e. The second kappa shape index (κ2) is 6.13. The zero-order valence-electron chi connectivity index (χ0n) is 13.2. The minimum atomic E-state index is 0.554. The van der Waals surface area contributed by atoms with E-state index in [9.17, 15) is 0 Å². The first kappa shape index (κ1) is 14.4. The van der Waals surface area contributed by atoms with E-state index in [0.717, 1.165) is 43.5 Å². The number of thiophene rings is 1. The maximum atomic E-state index is 5.50. The summed E-state index contributed by atoms with van der Waals surface area (Å²) < 4.78 is 6.75. The van der Waals surface area contributed by atoms with Gasteiger partial charge in [0, 0.05) is 23.9 Å². The van der Waals surface area contributed by atoms with Gasteiger partial charge < -0.3 is 9.64 Å². The molecule has 1 aliphatic heterocycles. The second-order valence-corrected chi connectivity index (χ2v) is 7.67. The Hall–Kier alpha value is -1.20. The molecule has 0 radical (unpaired) electrons. The van der Waals surface area contributed by atoms with Gasteiger partial charge in [-0.3, -0.25) is 0 Å². The molecule has 2 aliphatic rings. The minimum absolute atomic E-state index is 0.554. The van der Waals surface area contributed by atoms with Crippen molar-refractivity contribution in [1.82, 2.24) is 9.97 Å². The van der Waals surface area contributed by atoms with Crippen LogP contribution in [0, 0.1) is 6.92 Å². The van der Waals surface area contributed by atoms with E-state index >= 15 is 0 Å². The Kier molecular flexibility index (Phi) is 4.01. The van der Waals surface area contributed by atoms with Gasteiger partial charge in [-0.2, -0.15) is 0 Å². The number of aryl methyl sites for hydroxylation is 1. The van der Waals surface area contributed by atoms with Crippen LogP contribution in [-0.2, 0) is 4.74 Å². The van der Waals surface area contributed by atoms with Crippen molar-refractivity contribution in [1.29, 1.82) is 0 Å². The molecule has 2 aromatic heterocycles. The molecule has 0 aromatic carbocycles. The van der Waals surface area contributed by atoms with Crippen LogP contribution in [0.3, 0.4) is 0 Å². The fraction of sp³-hybridized carbons (Fsp3) is 0.647. The third-order valence-corrected chi connectivity index (χ3v) is 5.81. The predicted octanol–water partition coefficient (Wildman–Crippen LogP) is 3.88. The molecular weight excluding hydrogens is 294 g/mol. The van der Waals surface area contributed by atoms with Gasteiger partial charge in [0.05, 0.1) is 23.4 Å². The van der Waals surface area contributed by atoms with Crippen LogP contribution in [0.1, 0.15) is 48.7 Å². The number of hydrogen-bond acceptors (Lipinski definition) is 5. The van der Waals surface area contributed by atoms with E-state index in [2.05, 4.69) is 17.9 Å². The average Bonchev–Trinajstić information content (AvgIpc) is 2.95. The molecule has 2 fully saturated rings. The molecule has 5 heteroatoms. The molecule has 1 saturated heterocycles. The van der Waals surface area contributed by atoms with Gasteiger partial charge in [-0.05, 0) is 25.8 Å². The summed E-state index contributed by atoms with van der Waals surface area (Å²) in [4.78, 5) is 13.7. The molecule has 1 aliphatic carbocycles. The summed E-state index contributed by atoms with van der Waals surface area (Å²) in [5, 5.41) is 0. The van der Waals surface area contributed by atoms with Crippen molar-refractivity contribution >= 4 is 27.4 Å². The number of aromatic nitrogens is 2. The quantitative estimate of drug-likeness (QED) is 0.842. The first-order chi connectivity index (χ1) is 10.8. The Morgan fingerprint density at radius 3 is 2.68 bits per heavy atom. The first-order valence-electron chi connectivity index (χ1n) is 8.42. The van der Waals surface area contributed by atoms with E-state index in [4.69, 9.17) is 14.7 Å². The van der Waals surface area contributed by atoms with Crippen LogP contribution in [0.2, 0.25) is 0 Å². The average molecular weight is 317 g/mol. The Labute approximate surface area is 135 Å². The third-order valence-electron chi connectivity index (χ3n) is 4.78. The maximum Gasteiger partial charge on any atom is 0.150 e. The highest BCUT2D eigenvalue weighted by atomic mass is 32.1. The number of morpholine rings is 1. The van der Waals surface area contributed by atoms with Gasteiger partial charge in [0.25, 0.3) is 0 Å². The predicted molar refractivity (Wildman–Crippen MR) is 91.0 cm³/mol. The fourth-order valence-electron chi connectivity index (χ4n) is 3.58. The standard InChI is InChI=1S/C17H23N3OS/c1-12-11-14-15(22-12)17(20-7-9-21-10-8-20)19-16(18-14)13-5-3-2-4-6-13/h11,13H,2-10H2,1H3. The second-order valence-electron chi connectivity index (χ2n) is 6.41. The van der Waals surface area contributed by atoms with Gasteiger partial charge in [0.2, 0.25) is 0 Å². The molecule has 0 bridgehead atoms. The SMILES string of the molecule is Cc1cc2nc(C3CCCCC3)nc(N3CCOCC3)c2s1. The van der Waals surface area contributed by atoms with E-state index in [1.165, 1.54) is 41.7 Å². The minimum Gasteiger partial charge on any atom is -0.378 e. The molecule has 0 spiro atoms. The molecule has 118 valence electrons. The van der Waals surface area contributed by atoms with E-state index in [-0.39, 0.29) is 0 Å². The number of hydrogen-bond donors (Lipinski definition) is 0.